The van der Waals surface area contributed by atoms with Gasteiger partial charge in [-0.3, -0.25) is 0 Å². The second-order valence-corrected chi connectivity index (χ2v) is 5.48. The fourth-order valence-corrected chi connectivity index (χ4v) is 3.03. The van der Waals surface area contributed by atoms with Crippen molar-refractivity contribution in [2.75, 3.05) is 6.54 Å². The van der Waals surface area contributed by atoms with Crippen molar-refractivity contribution in [3.8, 4) is 0 Å². The highest BCUT2D eigenvalue weighted by Crippen LogP contribution is 2.49. The molecule has 1 saturated carbocycles. The number of hydrogen-bond donors (Lipinski definition) is 2. The van der Waals surface area contributed by atoms with E-state index >= 15 is 0 Å². The van der Waals surface area contributed by atoms with E-state index in [1.807, 2.05) is 0 Å². The Hall–Kier alpha value is -1.00. The SMILES string of the molecule is CC1CCC(CN)(C(O)c2cc(F)ccc2F)C1. The van der Waals surface area contributed by atoms with Crippen LogP contribution >= 0.6 is 0 Å². The van der Waals surface area contributed by atoms with Gasteiger partial charge in [-0.2, -0.15) is 0 Å². The van der Waals surface area contributed by atoms with Crippen molar-refractivity contribution >= 4 is 0 Å². The summed E-state index contributed by atoms with van der Waals surface area (Å²) in [5, 5.41) is 10.4. The highest BCUT2D eigenvalue weighted by Gasteiger charge is 2.43. The molecule has 1 aliphatic rings. The largest absolute Gasteiger partial charge is 0.388 e. The Labute approximate surface area is 106 Å². The van der Waals surface area contributed by atoms with Gasteiger partial charge in [0.05, 0.1) is 6.10 Å². The predicted molar refractivity (Wildman–Crippen MR) is 65.8 cm³/mol. The summed E-state index contributed by atoms with van der Waals surface area (Å²) in [5.41, 5.74) is 5.28. The Morgan fingerprint density at radius 1 is 1.50 bits per heavy atom. The Kier molecular flexibility index (Phi) is 3.69. The van der Waals surface area contributed by atoms with E-state index < -0.39 is 23.2 Å². The number of rotatable bonds is 3. The molecule has 100 valence electrons. The van der Waals surface area contributed by atoms with Crippen molar-refractivity contribution in [3.63, 3.8) is 0 Å². The first-order chi connectivity index (χ1) is 8.48. The summed E-state index contributed by atoms with van der Waals surface area (Å²) in [6, 6.07) is 3.18. The molecule has 0 aliphatic heterocycles. The molecule has 3 N–H and O–H groups in total. The van der Waals surface area contributed by atoms with Gasteiger partial charge in [0.1, 0.15) is 11.6 Å². The van der Waals surface area contributed by atoms with Crippen LogP contribution in [0.3, 0.4) is 0 Å². The van der Waals surface area contributed by atoms with Crippen molar-refractivity contribution in [3.05, 3.63) is 35.4 Å². The molecule has 3 atom stereocenters. The van der Waals surface area contributed by atoms with Crippen LogP contribution in [-0.4, -0.2) is 11.7 Å². The van der Waals surface area contributed by atoms with E-state index in [4.69, 9.17) is 5.73 Å². The summed E-state index contributed by atoms with van der Waals surface area (Å²) in [5.74, 6) is -0.653. The summed E-state index contributed by atoms with van der Waals surface area (Å²) in [7, 11) is 0. The maximum absolute atomic E-state index is 13.7. The van der Waals surface area contributed by atoms with Crippen molar-refractivity contribution in [2.45, 2.75) is 32.3 Å². The number of hydrogen-bond acceptors (Lipinski definition) is 2. The molecule has 2 nitrogen and oxygen atoms in total. The normalized spacial score (nSPS) is 29.5. The zero-order valence-electron chi connectivity index (χ0n) is 10.5. The monoisotopic (exact) mass is 255 g/mol. The van der Waals surface area contributed by atoms with Gasteiger partial charge < -0.3 is 10.8 Å². The molecular weight excluding hydrogens is 236 g/mol. The van der Waals surface area contributed by atoms with Gasteiger partial charge in [-0.1, -0.05) is 13.3 Å². The molecule has 0 aromatic heterocycles. The molecule has 1 aromatic carbocycles. The van der Waals surface area contributed by atoms with Gasteiger partial charge in [-0.15, -0.1) is 0 Å². The molecule has 4 heteroatoms. The molecule has 0 amide bonds. The molecule has 2 rings (SSSR count). The van der Waals surface area contributed by atoms with Crippen molar-refractivity contribution < 1.29 is 13.9 Å². The van der Waals surface area contributed by atoms with E-state index in [9.17, 15) is 13.9 Å². The van der Waals surface area contributed by atoms with E-state index in [1.54, 1.807) is 0 Å². The first kappa shape index (κ1) is 13.4. The van der Waals surface area contributed by atoms with Crippen LogP contribution in [0.1, 0.15) is 37.9 Å². The zero-order valence-corrected chi connectivity index (χ0v) is 10.5. The van der Waals surface area contributed by atoms with E-state index in [-0.39, 0.29) is 12.1 Å². The fraction of sp³-hybridized carbons (Fsp3) is 0.571. The standard InChI is InChI=1S/C14H19F2NO/c1-9-4-5-14(7-9,8-17)13(18)11-6-10(15)2-3-12(11)16/h2-3,6,9,13,18H,4-5,7-8,17H2,1H3. The van der Waals surface area contributed by atoms with Gasteiger partial charge in [0.25, 0.3) is 0 Å². The minimum atomic E-state index is -1.04. The highest BCUT2D eigenvalue weighted by molar-refractivity contribution is 5.23. The van der Waals surface area contributed by atoms with E-state index in [2.05, 4.69) is 6.92 Å². The summed E-state index contributed by atoms with van der Waals surface area (Å²) < 4.78 is 26.9. The maximum atomic E-state index is 13.7. The molecule has 0 spiro atoms. The molecule has 1 aromatic rings. The molecule has 0 heterocycles. The quantitative estimate of drug-likeness (QED) is 0.872. The first-order valence-corrected chi connectivity index (χ1v) is 6.31. The number of nitrogens with two attached hydrogens (primary N) is 1. The van der Waals surface area contributed by atoms with Gasteiger partial charge >= 0.3 is 0 Å². The van der Waals surface area contributed by atoms with Crippen LogP contribution in [0, 0.1) is 23.0 Å². The summed E-state index contributed by atoms with van der Waals surface area (Å²) >= 11 is 0. The predicted octanol–water partition coefficient (Wildman–Crippen LogP) is 2.76. The van der Waals surface area contributed by atoms with Crippen LogP contribution in [-0.2, 0) is 0 Å². The van der Waals surface area contributed by atoms with Gasteiger partial charge in [0, 0.05) is 17.5 Å². The topological polar surface area (TPSA) is 46.2 Å². The molecule has 18 heavy (non-hydrogen) atoms. The van der Waals surface area contributed by atoms with Crippen LogP contribution < -0.4 is 5.73 Å². The Morgan fingerprint density at radius 2 is 2.22 bits per heavy atom. The summed E-state index contributed by atoms with van der Waals surface area (Å²) in [6.45, 7) is 2.38. The molecular formula is C14H19F2NO. The third kappa shape index (κ3) is 2.27. The lowest BCUT2D eigenvalue weighted by Crippen LogP contribution is -2.35. The Bertz CT molecular complexity index is 438. The third-order valence-corrected chi connectivity index (χ3v) is 4.13. The van der Waals surface area contributed by atoms with Gasteiger partial charge in [-0.05, 0) is 37.0 Å². The minimum absolute atomic E-state index is 0.0227. The molecule has 1 fully saturated rings. The Balaban J connectivity index is 2.34. The lowest BCUT2D eigenvalue weighted by atomic mass is 9.76. The van der Waals surface area contributed by atoms with E-state index in [1.165, 1.54) is 0 Å². The van der Waals surface area contributed by atoms with Crippen molar-refractivity contribution in [1.82, 2.24) is 0 Å². The fourth-order valence-electron chi connectivity index (χ4n) is 3.03. The number of aliphatic hydroxyl groups is 1. The second kappa shape index (κ2) is 4.94. The van der Waals surface area contributed by atoms with Crippen molar-refractivity contribution in [1.29, 1.82) is 0 Å². The summed E-state index contributed by atoms with van der Waals surface area (Å²) in [6.07, 6.45) is 1.43. The smallest absolute Gasteiger partial charge is 0.129 e. The van der Waals surface area contributed by atoms with Crippen LogP contribution in [0.15, 0.2) is 18.2 Å². The second-order valence-electron chi connectivity index (χ2n) is 5.48. The van der Waals surface area contributed by atoms with Crippen LogP contribution in [0.2, 0.25) is 0 Å². The van der Waals surface area contributed by atoms with Gasteiger partial charge in [-0.25, -0.2) is 8.78 Å². The molecule has 0 saturated heterocycles. The van der Waals surface area contributed by atoms with Gasteiger partial charge in [0.15, 0.2) is 0 Å². The van der Waals surface area contributed by atoms with Crippen LogP contribution in [0.4, 0.5) is 8.78 Å². The van der Waals surface area contributed by atoms with E-state index in [0.717, 1.165) is 37.5 Å². The Morgan fingerprint density at radius 3 is 2.78 bits per heavy atom. The minimum Gasteiger partial charge on any atom is -0.388 e. The average Bonchev–Trinajstić information content (AvgIpc) is 2.74. The lowest BCUT2D eigenvalue weighted by Gasteiger charge is -2.33. The zero-order chi connectivity index (χ0) is 13.3. The molecule has 0 radical (unpaired) electrons. The van der Waals surface area contributed by atoms with Gasteiger partial charge in [0.2, 0.25) is 0 Å². The summed E-state index contributed by atoms with van der Waals surface area (Å²) in [4.78, 5) is 0. The number of aliphatic hydroxyl groups excluding tert-OH is 1. The lowest BCUT2D eigenvalue weighted by molar-refractivity contribution is 0.0278. The van der Waals surface area contributed by atoms with Crippen molar-refractivity contribution in [2.24, 2.45) is 17.1 Å². The molecule has 3 unspecified atom stereocenters. The number of benzene rings is 1. The molecule has 1 aliphatic carbocycles. The van der Waals surface area contributed by atoms with E-state index in [0.29, 0.717) is 5.92 Å². The average molecular weight is 255 g/mol. The third-order valence-electron chi connectivity index (χ3n) is 4.13. The van der Waals surface area contributed by atoms with Crippen LogP contribution in [0.5, 0.6) is 0 Å². The number of halogens is 2. The first-order valence-electron chi connectivity index (χ1n) is 6.31. The maximum Gasteiger partial charge on any atom is 0.129 e. The van der Waals surface area contributed by atoms with Crippen LogP contribution in [0.25, 0.3) is 0 Å². The molecule has 0 bridgehead atoms. The highest BCUT2D eigenvalue weighted by atomic mass is 19.1.